The van der Waals surface area contributed by atoms with Gasteiger partial charge in [-0.3, -0.25) is 9.79 Å². The average Bonchev–Trinajstić information content (AvgIpc) is 2.72. The van der Waals surface area contributed by atoms with Crippen LogP contribution in [-0.2, 0) is 13.0 Å². The Morgan fingerprint density at radius 3 is 2.66 bits per heavy atom. The number of halogens is 2. The Labute approximate surface area is 195 Å². The van der Waals surface area contributed by atoms with Gasteiger partial charge in [-0.2, -0.15) is 0 Å². The SMILES string of the molecule is CCC(C)NC(=O)c1cccc(CNC(=NC)NCCc2ccc(Cl)nc2)c1.I. The first-order valence-corrected chi connectivity index (χ1v) is 9.84. The number of guanidine groups is 1. The summed E-state index contributed by atoms with van der Waals surface area (Å²) < 4.78 is 0. The minimum Gasteiger partial charge on any atom is -0.356 e. The number of rotatable bonds is 8. The van der Waals surface area contributed by atoms with Gasteiger partial charge in [0.15, 0.2) is 5.96 Å². The highest BCUT2D eigenvalue weighted by atomic mass is 127. The van der Waals surface area contributed by atoms with E-state index >= 15 is 0 Å². The number of nitrogens with zero attached hydrogens (tertiary/aromatic N) is 2. The lowest BCUT2D eigenvalue weighted by Gasteiger charge is -2.14. The Morgan fingerprint density at radius 1 is 1.21 bits per heavy atom. The van der Waals surface area contributed by atoms with Crippen molar-refractivity contribution in [1.29, 1.82) is 0 Å². The quantitative estimate of drug-likeness (QED) is 0.210. The van der Waals surface area contributed by atoms with Gasteiger partial charge in [0.2, 0.25) is 0 Å². The van der Waals surface area contributed by atoms with Crippen molar-refractivity contribution in [1.82, 2.24) is 20.9 Å². The Balaban J connectivity index is 0.00000420. The summed E-state index contributed by atoms with van der Waals surface area (Å²) in [5.41, 5.74) is 2.78. The third-order valence-corrected chi connectivity index (χ3v) is 4.58. The second-order valence-corrected chi connectivity index (χ2v) is 6.96. The van der Waals surface area contributed by atoms with Crippen molar-refractivity contribution in [2.45, 2.75) is 39.3 Å². The molecule has 1 aromatic heterocycles. The summed E-state index contributed by atoms with van der Waals surface area (Å²) in [6, 6.07) is 11.5. The van der Waals surface area contributed by atoms with Crippen LogP contribution in [0.2, 0.25) is 5.15 Å². The van der Waals surface area contributed by atoms with E-state index in [0.29, 0.717) is 23.2 Å². The van der Waals surface area contributed by atoms with Crippen LogP contribution in [0.15, 0.2) is 47.6 Å². The zero-order valence-corrected chi connectivity index (χ0v) is 20.1. The molecule has 158 valence electrons. The van der Waals surface area contributed by atoms with Crippen molar-refractivity contribution in [3.8, 4) is 0 Å². The smallest absolute Gasteiger partial charge is 0.251 e. The highest BCUT2D eigenvalue weighted by molar-refractivity contribution is 14.0. The third kappa shape index (κ3) is 8.99. The number of carbonyl (C=O) groups is 1. The average molecular weight is 530 g/mol. The summed E-state index contributed by atoms with van der Waals surface area (Å²) in [5, 5.41) is 10.0. The van der Waals surface area contributed by atoms with Gasteiger partial charge < -0.3 is 16.0 Å². The molecule has 0 saturated heterocycles. The fourth-order valence-electron chi connectivity index (χ4n) is 2.52. The van der Waals surface area contributed by atoms with E-state index < -0.39 is 0 Å². The molecule has 1 unspecified atom stereocenters. The Bertz CT molecular complexity index is 798. The van der Waals surface area contributed by atoms with Crippen molar-refractivity contribution in [2.24, 2.45) is 4.99 Å². The number of aromatic nitrogens is 1. The largest absolute Gasteiger partial charge is 0.356 e. The van der Waals surface area contributed by atoms with E-state index in [1.807, 2.05) is 44.2 Å². The molecule has 0 aliphatic carbocycles. The third-order valence-electron chi connectivity index (χ3n) is 4.36. The first kappa shape index (κ1) is 25.2. The van der Waals surface area contributed by atoms with Gasteiger partial charge in [0.05, 0.1) is 0 Å². The summed E-state index contributed by atoms with van der Waals surface area (Å²) in [7, 11) is 1.73. The first-order valence-electron chi connectivity index (χ1n) is 9.46. The van der Waals surface area contributed by atoms with Crippen LogP contribution < -0.4 is 16.0 Å². The van der Waals surface area contributed by atoms with E-state index in [2.05, 4.69) is 25.9 Å². The number of pyridine rings is 1. The topological polar surface area (TPSA) is 78.4 Å². The lowest BCUT2D eigenvalue weighted by atomic mass is 10.1. The van der Waals surface area contributed by atoms with Crippen molar-refractivity contribution < 1.29 is 4.79 Å². The van der Waals surface area contributed by atoms with E-state index in [4.69, 9.17) is 11.6 Å². The van der Waals surface area contributed by atoms with Crippen LogP contribution in [0, 0.1) is 0 Å². The van der Waals surface area contributed by atoms with Crippen LogP contribution >= 0.6 is 35.6 Å². The summed E-state index contributed by atoms with van der Waals surface area (Å²) >= 11 is 5.80. The fraction of sp³-hybridized carbons (Fsp3) is 0.381. The molecule has 0 saturated carbocycles. The maximum absolute atomic E-state index is 12.3. The Kier molecular flexibility index (Phi) is 11.6. The van der Waals surface area contributed by atoms with Gasteiger partial charge in [-0.25, -0.2) is 4.98 Å². The molecule has 1 atom stereocenters. The summed E-state index contributed by atoms with van der Waals surface area (Å²) in [6.07, 6.45) is 3.49. The van der Waals surface area contributed by atoms with Gasteiger partial charge in [-0.05, 0) is 49.1 Å². The highest BCUT2D eigenvalue weighted by Crippen LogP contribution is 2.07. The molecular weight excluding hydrogens is 501 g/mol. The maximum Gasteiger partial charge on any atom is 0.251 e. The van der Waals surface area contributed by atoms with Crippen LogP contribution in [0.5, 0.6) is 0 Å². The van der Waals surface area contributed by atoms with E-state index in [0.717, 1.165) is 30.5 Å². The minimum atomic E-state index is -0.0460. The number of hydrogen-bond acceptors (Lipinski definition) is 3. The molecule has 8 heteroatoms. The Hall–Kier alpha value is -1.87. The van der Waals surface area contributed by atoms with Gasteiger partial charge >= 0.3 is 0 Å². The molecule has 0 aliphatic rings. The first-order chi connectivity index (χ1) is 13.5. The number of aliphatic imine (C=N–C) groups is 1. The van der Waals surface area contributed by atoms with Crippen molar-refractivity contribution in [2.75, 3.05) is 13.6 Å². The molecule has 1 amide bonds. The molecule has 29 heavy (non-hydrogen) atoms. The number of carbonyl (C=O) groups excluding carboxylic acids is 1. The molecule has 1 heterocycles. The highest BCUT2D eigenvalue weighted by Gasteiger charge is 2.09. The predicted octanol–water partition coefficient (Wildman–Crippen LogP) is 3.79. The fourth-order valence-corrected chi connectivity index (χ4v) is 2.63. The van der Waals surface area contributed by atoms with Gasteiger partial charge in [0.1, 0.15) is 5.15 Å². The van der Waals surface area contributed by atoms with Gasteiger partial charge in [-0.1, -0.05) is 36.7 Å². The zero-order valence-electron chi connectivity index (χ0n) is 17.0. The predicted molar refractivity (Wildman–Crippen MR) is 130 cm³/mol. The van der Waals surface area contributed by atoms with E-state index in [1.165, 1.54) is 0 Å². The van der Waals surface area contributed by atoms with E-state index in [9.17, 15) is 4.79 Å². The lowest BCUT2D eigenvalue weighted by molar-refractivity contribution is 0.0939. The molecule has 3 N–H and O–H groups in total. The van der Waals surface area contributed by atoms with E-state index in [1.54, 1.807) is 19.3 Å². The summed E-state index contributed by atoms with van der Waals surface area (Å²) in [5.74, 6) is 0.659. The van der Waals surface area contributed by atoms with E-state index in [-0.39, 0.29) is 35.9 Å². The molecule has 0 aliphatic heterocycles. The van der Waals surface area contributed by atoms with Gasteiger partial charge in [0.25, 0.3) is 5.91 Å². The summed E-state index contributed by atoms with van der Waals surface area (Å²) in [4.78, 5) is 20.6. The second-order valence-electron chi connectivity index (χ2n) is 6.57. The standard InChI is InChI=1S/C21H28ClN5O.HI/c1-4-15(2)27-20(28)18-7-5-6-17(12-18)14-26-21(23-3)24-11-10-16-8-9-19(22)25-13-16;/h5-9,12-13,15H,4,10-11,14H2,1-3H3,(H,27,28)(H2,23,24,26);1H. The molecule has 0 spiro atoms. The normalized spacial score (nSPS) is 11.9. The lowest BCUT2D eigenvalue weighted by Crippen LogP contribution is -2.38. The van der Waals surface area contributed by atoms with Crippen LogP contribution in [0.3, 0.4) is 0 Å². The number of hydrogen-bond donors (Lipinski definition) is 3. The van der Waals surface area contributed by atoms with Crippen LogP contribution in [0.4, 0.5) is 0 Å². The monoisotopic (exact) mass is 529 g/mol. The zero-order chi connectivity index (χ0) is 20.4. The van der Waals surface area contributed by atoms with Crippen molar-refractivity contribution in [3.05, 3.63) is 64.4 Å². The molecule has 1 aromatic carbocycles. The molecule has 0 radical (unpaired) electrons. The molecule has 2 aromatic rings. The molecule has 0 fully saturated rings. The van der Waals surface area contributed by atoms with Gasteiger partial charge in [0, 0.05) is 37.9 Å². The minimum absolute atomic E-state index is 0. The second kappa shape index (κ2) is 13.4. The van der Waals surface area contributed by atoms with Crippen LogP contribution in [0.1, 0.15) is 41.8 Å². The van der Waals surface area contributed by atoms with Crippen LogP contribution in [0.25, 0.3) is 0 Å². The molecular formula is C21H29ClIN5O. The summed E-state index contributed by atoms with van der Waals surface area (Å²) in [6.45, 7) is 5.35. The Morgan fingerprint density at radius 2 is 2.00 bits per heavy atom. The van der Waals surface area contributed by atoms with Crippen LogP contribution in [-0.4, -0.2) is 36.5 Å². The molecule has 2 rings (SSSR count). The van der Waals surface area contributed by atoms with Crippen molar-refractivity contribution >= 4 is 47.4 Å². The number of amides is 1. The molecule has 0 bridgehead atoms. The maximum atomic E-state index is 12.3. The number of benzene rings is 1. The number of nitrogens with one attached hydrogen (secondary N) is 3. The van der Waals surface area contributed by atoms with Crippen molar-refractivity contribution in [3.63, 3.8) is 0 Å². The molecule has 6 nitrogen and oxygen atoms in total. The van der Waals surface area contributed by atoms with Gasteiger partial charge in [-0.15, -0.1) is 24.0 Å².